The van der Waals surface area contributed by atoms with Crippen LogP contribution in [0, 0.1) is 11.3 Å². The minimum absolute atomic E-state index is 0.0483. The lowest BCUT2D eigenvalue weighted by atomic mass is 9.89. The number of carboxylic acid groups (broad SMARTS) is 1. The average molecular weight is 289 g/mol. The summed E-state index contributed by atoms with van der Waals surface area (Å²) >= 11 is 0. The normalized spacial score (nSPS) is 22.3. The van der Waals surface area contributed by atoms with E-state index in [-0.39, 0.29) is 17.2 Å². The molecule has 1 heterocycles. The lowest BCUT2D eigenvalue weighted by Crippen LogP contribution is -2.32. The van der Waals surface area contributed by atoms with Crippen molar-refractivity contribution in [3.63, 3.8) is 0 Å². The van der Waals surface area contributed by atoms with E-state index in [2.05, 4.69) is 0 Å². The van der Waals surface area contributed by atoms with E-state index in [4.69, 9.17) is 0 Å². The molecule has 114 valence electrons. The first-order chi connectivity index (χ1) is 9.78. The molecule has 0 spiro atoms. The summed E-state index contributed by atoms with van der Waals surface area (Å²) in [6, 6.07) is 9.62. The predicted molar refractivity (Wildman–Crippen MR) is 81.0 cm³/mol. The Balaban J connectivity index is 2.16. The lowest BCUT2D eigenvalue weighted by Gasteiger charge is -2.23. The Kier molecular flexibility index (Phi) is 4.35. The Labute approximate surface area is 125 Å². The number of carboxylic acids is 1. The van der Waals surface area contributed by atoms with Gasteiger partial charge in [-0.2, -0.15) is 0 Å². The first-order valence-electron chi connectivity index (χ1n) is 7.33. The van der Waals surface area contributed by atoms with Crippen LogP contribution in [-0.4, -0.2) is 35.0 Å². The van der Waals surface area contributed by atoms with Gasteiger partial charge >= 0.3 is 5.97 Å². The van der Waals surface area contributed by atoms with E-state index in [1.165, 1.54) is 0 Å². The van der Waals surface area contributed by atoms with Crippen LogP contribution in [0.1, 0.15) is 38.7 Å². The Bertz CT molecular complexity index is 519. The van der Waals surface area contributed by atoms with Gasteiger partial charge in [0.05, 0.1) is 5.92 Å². The molecule has 0 radical (unpaired) electrons. The molecule has 2 unspecified atom stereocenters. The fourth-order valence-corrected chi connectivity index (χ4v) is 2.86. The third-order valence-corrected chi connectivity index (χ3v) is 3.90. The van der Waals surface area contributed by atoms with Crippen molar-refractivity contribution >= 4 is 11.9 Å². The molecule has 0 aliphatic carbocycles. The van der Waals surface area contributed by atoms with Crippen LogP contribution in [0.4, 0.5) is 0 Å². The Morgan fingerprint density at radius 3 is 2.33 bits per heavy atom. The second kappa shape index (κ2) is 5.88. The van der Waals surface area contributed by atoms with Crippen molar-refractivity contribution in [3.8, 4) is 0 Å². The lowest BCUT2D eigenvalue weighted by molar-refractivity contribution is -0.141. The monoisotopic (exact) mass is 289 g/mol. The summed E-state index contributed by atoms with van der Waals surface area (Å²) in [4.78, 5) is 25.5. The summed E-state index contributed by atoms with van der Waals surface area (Å²) in [5.41, 5.74) is 0.914. The van der Waals surface area contributed by atoms with Gasteiger partial charge in [0.25, 0.3) is 0 Å². The third-order valence-electron chi connectivity index (χ3n) is 3.90. The summed E-state index contributed by atoms with van der Waals surface area (Å²) < 4.78 is 0. The number of aliphatic carboxylic acids is 1. The Morgan fingerprint density at radius 2 is 1.81 bits per heavy atom. The van der Waals surface area contributed by atoms with Crippen molar-refractivity contribution in [1.29, 1.82) is 0 Å². The standard InChI is InChI=1S/C17H23NO3/c1-17(2,3)9-15(19)18-10-13(14(11-18)16(20)21)12-7-5-4-6-8-12/h4-8,13-14H,9-11H2,1-3H3,(H,20,21). The van der Waals surface area contributed by atoms with Gasteiger partial charge in [0.15, 0.2) is 0 Å². The summed E-state index contributed by atoms with van der Waals surface area (Å²) in [6.07, 6.45) is 0.445. The molecule has 0 bridgehead atoms. The third kappa shape index (κ3) is 3.84. The maximum atomic E-state index is 12.3. The molecule has 1 N–H and O–H groups in total. The SMILES string of the molecule is CC(C)(C)CC(=O)N1CC(C(=O)O)C(c2ccccc2)C1. The Hall–Kier alpha value is -1.84. The van der Waals surface area contributed by atoms with Crippen LogP contribution < -0.4 is 0 Å². The van der Waals surface area contributed by atoms with Crippen LogP contribution in [0.15, 0.2) is 30.3 Å². The van der Waals surface area contributed by atoms with Crippen LogP contribution in [0.25, 0.3) is 0 Å². The molecule has 2 rings (SSSR count). The molecule has 1 amide bonds. The highest BCUT2D eigenvalue weighted by molar-refractivity contribution is 5.80. The van der Waals surface area contributed by atoms with Crippen LogP contribution in [0.2, 0.25) is 0 Å². The van der Waals surface area contributed by atoms with Crippen molar-refractivity contribution in [1.82, 2.24) is 4.90 Å². The number of amides is 1. The highest BCUT2D eigenvalue weighted by Crippen LogP contribution is 2.34. The largest absolute Gasteiger partial charge is 0.481 e. The maximum Gasteiger partial charge on any atom is 0.308 e. The number of likely N-dealkylation sites (tertiary alicyclic amines) is 1. The van der Waals surface area contributed by atoms with E-state index in [1.54, 1.807) is 4.90 Å². The number of nitrogens with zero attached hydrogens (tertiary/aromatic N) is 1. The van der Waals surface area contributed by atoms with Crippen LogP contribution in [0.5, 0.6) is 0 Å². The highest BCUT2D eigenvalue weighted by Gasteiger charge is 2.40. The summed E-state index contributed by atoms with van der Waals surface area (Å²) in [5.74, 6) is -1.41. The van der Waals surface area contributed by atoms with E-state index >= 15 is 0 Å². The maximum absolute atomic E-state index is 12.3. The quantitative estimate of drug-likeness (QED) is 0.931. The van der Waals surface area contributed by atoms with Crippen molar-refractivity contribution in [3.05, 3.63) is 35.9 Å². The van der Waals surface area contributed by atoms with Crippen LogP contribution in [0.3, 0.4) is 0 Å². The molecular weight excluding hydrogens is 266 g/mol. The van der Waals surface area contributed by atoms with Crippen molar-refractivity contribution in [2.75, 3.05) is 13.1 Å². The van der Waals surface area contributed by atoms with E-state index < -0.39 is 11.9 Å². The molecule has 2 atom stereocenters. The number of carbonyl (C=O) groups is 2. The Morgan fingerprint density at radius 1 is 1.19 bits per heavy atom. The molecule has 1 fully saturated rings. The molecule has 1 aliphatic rings. The predicted octanol–water partition coefficient (Wildman–Crippen LogP) is 2.75. The van der Waals surface area contributed by atoms with Crippen LogP contribution in [-0.2, 0) is 9.59 Å². The van der Waals surface area contributed by atoms with Gasteiger partial charge in [-0.05, 0) is 11.0 Å². The summed E-state index contributed by atoms with van der Waals surface area (Å²) in [6.45, 7) is 6.86. The van der Waals surface area contributed by atoms with E-state index in [0.29, 0.717) is 19.5 Å². The first kappa shape index (κ1) is 15.5. The van der Waals surface area contributed by atoms with Gasteiger partial charge in [-0.15, -0.1) is 0 Å². The van der Waals surface area contributed by atoms with Crippen LogP contribution >= 0.6 is 0 Å². The van der Waals surface area contributed by atoms with Gasteiger partial charge in [-0.1, -0.05) is 51.1 Å². The molecule has 0 aromatic heterocycles. The molecule has 1 saturated heterocycles. The number of carbonyl (C=O) groups excluding carboxylic acids is 1. The summed E-state index contributed by atoms with van der Waals surface area (Å²) in [7, 11) is 0. The molecule has 4 heteroatoms. The number of rotatable bonds is 3. The first-order valence-corrected chi connectivity index (χ1v) is 7.33. The summed E-state index contributed by atoms with van der Waals surface area (Å²) in [5, 5.41) is 9.44. The fraction of sp³-hybridized carbons (Fsp3) is 0.529. The van der Waals surface area contributed by atoms with Crippen molar-refractivity contribution in [2.45, 2.75) is 33.1 Å². The van der Waals surface area contributed by atoms with Crippen molar-refractivity contribution in [2.24, 2.45) is 11.3 Å². The molecular formula is C17H23NO3. The highest BCUT2D eigenvalue weighted by atomic mass is 16.4. The molecule has 21 heavy (non-hydrogen) atoms. The minimum atomic E-state index is -0.824. The molecule has 1 aromatic carbocycles. The molecule has 1 aliphatic heterocycles. The van der Waals surface area contributed by atoms with E-state index in [0.717, 1.165) is 5.56 Å². The second-order valence-electron chi connectivity index (χ2n) is 7.00. The molecule has 1 aromatic rings. The minimum Gasteiger partial charge on any atom is -0.481 e. The zero-order valence-electron chi connectivity index (χ0n) is 12.9. The number of hydrogen-bond donors (Lipinski definition) is 1. The second-order valence-corrected chi connectivity index (χ2v) is 7.00. The number of benzene rings is 1. The van der Waals surface area contributed by atoms with E-state index in [1.807, 2.05) is 51.1 Å². The molecule has 4 nitrogen and oxygen atoms in total. The topological polar surface area (TPSA) is 57.6 Å². The average Bonchev–Trinajstić information content (AvgIpc) is 2.83. The fourth-order valence-electron chi connectivity index (χ4n) is 2.86. The zero-order chi connectivity index (χ0) is 15.6. The number of hydrogen-bond acceptors (Lipinski definition) is 2. The van der Waals surface area contributed by atoms with Gasteiger partial charge in [-0.3, -0.25) is 9.59 Å². The van der Waals surface area contributed by atoms with Gasteiger partial charge in [-0.25, -0.2) is 0 Å². The van der Waals surface area contributed by atoms with Gasteiger partial charge in [0, 0.05) is 25.4 Å². The van der Waals surface area contributed by atoms with Gasteiger partial charge in [0.1, 0.15) is 0 Å². The van der Waals surface area contributed by atoms with Gasteiger partial charge in [0.2, 0.25) is 5.91 Å². The van der Waals surface area contributed by atoms with Gasteiger partial charge < -0.3 is 10.0 Å². The van der Waals surface area contributed by atoms with Crippen molar-refractivity contribution < 1.29 is 14.7 Å². The van der Waals surface area contributed by atoms with E-state index in [9.17, 15) is 14.7 Å². The smallest absolute Gasteiger partial charge is 0.308 e. The zero-order valence-corrected chi connectivity index (χ0v) is 12.9. The molecule has 0 saturated carbocycles.